The summed E-state index contributed by atoms with van der Waals surface area (Å²) in [5.41, 5.74) is 6.57. The van der Waals surface area contributed by atoms with Crippen LogP contribution in [0, 0.1) is 11.8 Å². The molecule has 0 aromatic carbocycles. The Kier molecular flexibility index (Phi) is 6.82. The molecule has 1 fully saturated rings. The first kappa shape index (κ1) is 17.0. The predicted octanol–water partition coefficient (Wildman–Crippen LogP) is 4.04. The predicted molar refractivity (Wildman–Crippen MR) is 85.3 cm³/mol. The van der Waals surface area contributed by atoms with Crippen LogP contribution in [0.25, 0.3) is 0 Å². The van der Waals surface area contributed by atoms with Gasteiger partial charge in [0, 0.05) is 24.7 Å². The summed E-state index contributed by atoms with van der Waals surface area (Å²) < 4.78 is 0. The zero-order valence-corrected chi connectivity index (χ0v) is 13.9. The van der Waals surface area contributed by atoms with Gasteiger partial charge < -0.3 is 5.73 Å². The van der Waals surface area contributed by atoms with Crippen LogP contribution in [0.3, 0.4) is 0 Å². The first-order chi connectivity index (χ1) is 9.01. The Labute approximate surface area is 121 Å². The van der Waals surface area contributed by atoms with Crippen LogP contribution in [-0.2, 0) is 0 Å². The Bertz CT molecular complexity index is 248. The monoisotopic (exact) mass is 268 g/mol. The molecule has 0 radical (unpaired) electrons. The van der Waals surface area contributed by atoms with Crippen molar-refractivity contribution in [1.29, 1.82) is 0 Å². The summed E-state index contributed by atoms with van der Waals surface area (Å²) in [6.07, 6.45) is 7.90. The molecule has 0 spiro atoms. The van der Waals surface area contributed by atoms with Gasteiger partial charge >= 0.3 is 0 Å². The highest BCUT2D eigenvalue weighted by atomic mass is 15.2. The first-order valence-corrected chi connectivity index (χ1v) is 8.48. The standard InChI is InChI=1S/C17H36N2/c1-6-16(7-2)19(12-14(3)4)17(13-18)11-9-8-10-15(17)5/h14-16H,6-13,18H2,1-5H3. The zero-order chi connectivity index (χ0) is 14.5. The molecule has 2 heteroatoms. The van der Waals surface area contributed by atoms with E-state index in [0.29, 0.717) is 6.04 Å². The molecule has 1 rings (SSSR count). The Morgan fingerprint density at radius 3 is 2.26 bits per heavy atom. The molecule has 1 aliphatic rings. The smallest absolute Gasteiger partial charge is 0.0360 e. The maximum Gasteiger partial charge on any atom is 0.0360 e. The lowest BCUT2D eigenvalue weighted by Gasteiger charge is -2.53. The van der Waals surface area contributed by atoms with E-state index in [1.165, 1.54) is 45.1 Å². The topological polar surface area (TPSA) is 29.3 Å². The van der Waals surface area contributed by atoms with Gasteiger partial charge in [-0.1, -0.05) is 47.5 Å². The van der Waals surface area contributed by atoms with E-state index in [9.17, 15) is 0 Å². The maximum absolute atomic E-state index is 6.31. The molecule has 1 aliphatic carbocycles. The van der Waals surface area contributed by atoms with Crippen LogP contribution in [-0.4, -0.2) is 29.6 Å². The molecule has 0 aliphatic heterocycles. The van der Waals surface area contributed by atoms with E-state index in [1.54, 1.807) is 0 Å². The second-order valence-electron chi connectivity index (χ2n) is 6.97. The third-order valence-corrected chi connectivity index (χ3v) is 5.28. The van der Waals surface area contributed by atoms with Crippen molar-refractivity contribution in [2.24, 2.45) is 17.6 Å². The van der Waals surface area contributed by atoms with Gasteiger partial charge in [-0.2, -0.15) is 0 Å². The van der Waals surface area contributed by atoms with E-state index in [1.807, 2.05) is 0 Å². The highest BCUT2D eigenvalue weighted by Gasteiger charge is 2.44. The van der Waals surface area contributed by atoms with Crippen molar-refractivity contribution in [3.8, 4) is 0 Å². The van der Waals surface area contributed by atoms with Gasteiger partial charge in [-0.25, -0.2) is 0 Å². The summed E-state index contributed by atoms with van der Waals surface area (Å²) in [4.78, 5) is 2.81. The number of hydrogen-bond acceptors (Lipinski definition) is 2. The van der Waals surface area contributed by atoms with Gasteiger partial charge in [0.25, 0.3) is 0 Å². The molecule has 0 heterocycles. The number of nitrogens with two attached hydrogens (primary N) is 1. The van der Waals surface area contributed by atoms with Crippen LogP contribution in [0.1, 0.15) is 73.1 Å². The van der Waals surface area contributed by atoms with Gasteiger partial charge in [0.2, 0.25) is 0 Å². The highest BCUT2D eigenvalue weighted by molar-refractivity contribution is 5.00. The second-order valence-corrected chi connectivity index (χ2v) is 6.97. The van der Waals surface area contributed by atoms with Crippen molar-refractivity contribution in [3.63, 3.8) is 0 Å². The summed E-state index contributed by atoms with van der Waals surface area (Å²) in [5, 5.41) is 0. The molecule has 0 saturated heterocycles. The molecule has 2 atom stereocenters. The van der Waals surface area contributed by atoms with Crippen molar-refractivity contribution < 1.29 is 0 Å². The Morgan fingerprint density at radius 2 is 1.84 bits per heavy atom. The normalized spacial score (nSPS) is 28.6. The Balaban J connectivity index is 3.02. The van der Waals surface area contributed by atoms with Crippen LogP contribution in [0.15, 0.2) is 0 Å². The minimum absolute atomic E-state index is 0.263. The average Bonchev–Trinajstić information content (AvgIpc) is 2.39. The quantitative estimate of drug-likeness (QED) is 0.755. The molecule has 0 aromatic heterocycles. The lowest BCUT2D eigenvalue weighted by atomic mass is 9.71. The molecule has 0 aromatic rings. The van der Waals surface area contributed by atoms with Crippen LogP contribution < -0.4 is 5.73 Å². The fraction of sp³-hybridized carbons (Fsp3) is 1.00. The van der Waals surface area contributed by atoms with Gasteiger partial charge in [-0.3, -0.25) is 4.90 Å². The maximum atomic E-state index is 6.31. The van der Waals surface area contributed by atoms with Gasteiger partial charge in [-0.15, -0.1) is 0 Å². The van der Waals surface area contributed by atoms with Crippen LogP contribution in [0.4, 0.5) is 0 Å². The average molecular weight is 268 g/mol. The van der Waals surface area contributed by atoms with Crippen LogP contribution >= 0.6 is 0 Å². The lowest BCUT2D eigenvalue weighted by Crippen LogP contribution is -2.63. The summed E-state index contributed by atoms with van der Waals surface area (Å²) >= 11 is 0. The lowest BCUT2D eigenvalue weighted by molar-refractivity contribution is -0.0286. The molecule has 0 bridgehead atoms. The minimum atomic E-state index is 0.263. The largest absolute Gasteiger partial charge is 0.329 e. The van der Waals surface area contributed by atoms with Gasteiger partial charge in [0.05, 0.1) is 0 Å². The molecule has 2 N–H and O–H groups in total. The minimum Gasteiger partial charge on any atom is -0.329 e. The fourth-order valence-corrected chi connectivity index (χ4v) is 4.06. The van der Waals surface area contributed by atoms with E-state index in [2.05, 4.69) is 39.5 Å². The molecule has 2 unspecified atom stereocenters. The van der Waals surface area contributed by atoms with Gasteiger partial charge in [0.1, 0.15) is 0 Å². The van der Waals surface area contributed by atoms with E-state index >= 15 is 0 Å². The third-order valence-electron chi connectivity index (χ3n) is 5.28. The summed E-state index contributed by atoms with van der Waals surface area (Å²) in [5.74, 6) is 1.46. The number of hydrogen-bond donors (Lipinski definition) is 1. The molecule has 0 amide bonds. The van der Waals surface area contributed by atoms with Gasteiger partial charge in [-0.05, 0) is 37.5 Å². The van der Waals surface area contributed by atoms with Crippen molar-refractivity contribution in [2.75, 3.05) is 13.1 Å². The van der Waals surface area contributed by atoms with E-state index in [0.717, 1.165) is 18.4 Å². The molecule has 114 valence electrons. The molecule has 19 heavy (non-hydrogen) atoms. The van der Waals surface area contributed by atoms with E-state index in [4.69, 9.17) is 5.73 Å². The van der Waals surface area contributed by atoms with E-state index < -0.39 is 0 Å². The van der Waals surface area contributed by atoms with Crippen molar-refractivity contribution in [3.05, 3.63) is 0 Å². The Morgan fingerprint density at radius 1 is 1.21 bits per heavy atom. The Hall–Kier alpha value is -0.0800. The highest BCUT2D eigenvalue weighted by Crippen LogP contribution is 2.40. The molecule has 2 nitrogen and oxygen atoms in total. The SMILES string of the molecule is CCC(CC)N(CC(C)C)C1(CN)CCCCC1C. The zero-order valence-electron chi connectivity index (χ0n) is 13.9. The number of rotatable bonds is 7. The van der Waals surface area contributed by atoms with Crippen LogP contribution in [0.2, 0.25) is 0 Å². The first-order valence-electron chi connectivity index (χ1n) is 8.48. The molecule has 1 saturated carbocycles. The van der Waals surface area contributed by atoms with Crippen LogP contribution in [0.5, 0.6) is 0 Å². The number of nitrogens with zero attached hydrogens (tertiary/aromatic N) is 1. The van der Waals surface area contributed by atoms with Gasteiger partial charge in [0.15, 0.2) is 0 Å². The fourth-order valence-electron chi connectivity index (χ4n) is 4.06. The second kappa shape index (κ2) is 7.64. The van der Waals surface area contributed by atoms with Crippen molar-refractivity contribution in [2.45, 2.75) is 84.7 Å². The third kappa shape index (κ3) is 3.72. The van der Waals surface area contributed by atoms with E-state index in [-0.39, 0.29) is 5.54 Å². The molecular formula is C17H36N2. The summed E-state index contributed by atoms with van der Waals surface area (Å²) in [7, 11) is 0. The summed E-state index contributed by atoms with van der Waals surface area (Å²) in [6, 6.07) is 0.700. The summed E-state index contributed by atoms with van der Waals surface area (Å²) in [6.45, 7) is 13.8. The van der Waals surface area contributed by atoms with Crippen molar-refractivity contribution in [1.82, 2.24) is 4.90 Å². The molecular weight excluding hydrogens is 232 g/mol. The van der Waals surface area contributed by atoms with Crippen molar-refractivity contribution >= 4 is 0 Å².